The van der Waals surface area contributed by atoms with E-state index in [2.05, 4.69) is 13.8 Å². The van der Waals surface area contributed by atoms with E-state index in [-0.39, 0.29) is 39.9 Å². The van der Waals surface area contributed by atoms with Gasteiger partial charge in [-0.05, 0) is 42.9 Å². The molecule has 206 valence electrons. The Kier molecular flexibility index (Phi) is 27.0. The summed E-state index contributed by atoms with van der Waals surface area (Å²) < 4.78 is 35.6. The molecule has 0 atom stereocenters. The molecule has 0 heterocycles. The number of hydrogen-bond donors (Lipinski definition) is 0. The van der Waals surface area contributed by atoms with Crippen molar-refractivity contribution in [3.63, 3.8) is 0 Å². The molecule has 0 saturated heterocycles. The number of benzene rings is 1. The first kappa shape index (κ1) is 38.2. The van der Waals surface area contributed by atoms with Crippen LogP contribution in [0.25, 0.3) is 0 Å². The van der Waals surface area contributed by atoms with Crippen LogP contribution in [0.3, 0.4) is 0 Å². The summed E-state index contributed by atoms with van der Waals surface area (Å²) in [4.78, 5) is 0.0213. The molecule has 1 rings (SSSR count). The maximum Gasteiger partial charge on any atom is 1.00 e. The maximum atomic E-state index is 11.9. The van der Waals surface area contributed by atoms with Gasteiger partial charge >= 0.3 is 29.6 Å². The zero-order valence-electron chi connectivity index (χ0n) is 23.9. The third-order valence-electron chi connectivity index (χ3n) is 7.08. The molecule has 0 amide bonds. The number of aryl methyl sites for hydroxylation is 1. The monoisotopic (exact) mass is 534 g/mol. The first-order valence-corrected chi connectivity index (χ1v) is 16.0. The van der Waals surface area contributed by atoms with Gasteiger partial charge < -0.3 is 10.0 Å². The predicted molar refractivity (Wildman–Crippen MR) is 149 cm³/mol. The van der Waals surface area contributed by atoms with Gasteiger partial charge in [-0.1, -0.05) is 142 Å². The number of hydrogen-bond acceptors (Lipinski definition) is 3. The minimum atomic E-state index is -4.42. The zero-order chi connectivity index (χ0) is 24.9. The van der Waals surface area contributed by atoms with E-state index >= 15 is 0 Å². The first-order chi connectivity index (χ1) is 16.5. The molecule has 0 aromatic heterocycles. The van der Waals surface area contributed by atoms with E-state index in [1.165, 1.54) is 115 Å². The molecule has 4 nitrogen and oxygen atoms in total. The quantitative estimate of drug-likeness (QED) is 0.103. The third-order valence-corrected chi connectivity index (χ3v) is 8.00. The number of rotatable bonds is 23. The van der Waals surface area contributed by atoms with Crippen LogP contribution in [0.5, 0.6) is 0 Å². The van der Waals surface area contributed by atoms with Crippen LogP contribution in [0.15, 0.2) is 23.1 Å². The third kappa shape index (κ3) is 19.2. The van der Waals surface area contributed by atoms with Crippen LogP contribution in [-0.4, -0.2) is 18.4 Å². The minimum Gasteiger partial charge on any atom is -0.744 e. The Morgan fingerprint density at radius 3 is 1.33 bits per heavy atom. The molecule has 2 N–H and O–H groups in total. The van der Waals surface area contributed by atoms with Crippen LogP contribution in [0.2, 0.25) is 0 Å². The van der Waals surface area contributed by atoms with E-state index in [0.29, 0.717) is 6.42 Å². The van der Waals surface area contributed by atoms with E-state index in [9.17, 15) is 13.0 Å². The maximum absolute atomic E-state index is 11.9. The van der Waals surface area contributed by atoms with Gasteiger partial charge in [0.25, 0.3) is 0 Å². The predicted octanol–water partition coefficient (Wildman–Crippen LogP) is 5.70. The van der Waals surface area contributed by atoms with Crippen molar-refractivity contribution in [1.29, 1.82) is 0 Å². The summed E-state index contributed by atoms with van der Waals surface area (Å²) in [6.45, 7) is 4.50. The molecule has 0 aliphatic heterocycles. The molecular formula is C30H55NaO4S. The second-order valence-electron chi connectivity index (χ2n) is 10.2. The van der Waals surface area contributed by atoms with Gasteiger partial charge in [-0.25, -0.2) is 8.42 Å². The van der Waals surface area contributed by atoms with Crippen molar-refractivity contribution in [1.82, 2.24) is 0 Å². The second kappa shape index (κ2) is 25.4. The summed E-state index contributed by atoms with van der Waals surface area (Å²) in [6, 6.07) is 5.29. The topological polar surface area (TPSA) is 88.7 Å². The summed E-state index contributed by atoms with van der Waals surface area (Å²) in [7, 11) is -4.42. The molecule has 0 spiro atoms. The summed E-state index contributed by atoms with van der Waals surface area (Å²) in [5, 5.41) is 0. The molecule has 0 aliphatic carbocycles. The Balaban J connectivity index is 0. The van der Waals surface area contributed by atoms with Gasteiger partial charge in [0.15, 0.2) is 0 Å². The molecule has 0 saturated carbocycles. The molecular weight excluding hydrogens is 479 g/mol. The van der Waals surface area contributed by atoms with E-state index < -0.39 is 10.1 Å². The Morgan fingerprint density at radius 1 is 0.583 bits per heavy atom. The van der Waals surface area contributed by atoms with Crippen molar-refractivity contribution in [2.45, 2.75) is 160 Å². The van der Waals surface area contributed by atoms with Crippen molar-refractivity contribution in [2.24, 2.45) is 0 Å². The fourth-order valence-electron chi connectivity index (χ4n) is 4.96. The van der Waals surface area contributed by atoms with Crippen LogP contribution in [0.1, 0.15) is 153 Å². The smallest absolute Gasteiger partial charge is 0.744 e. The van der Waals surface area contributed by atoms with Crippen molar-refractivity contribution in [3.05, 3.63) is 29.3 Å². The Morgan fingerprint density at radius 2 is 0.944 bits per heavy atom. The summed E-state index contributed by atoms with van der Waals surface area (Å²) in [5.41, 5.74) is 1.88. The first-order valence-electron chi connectivity index (χ1n) is 14.6. The second-order valence-corrected chi connectivity index (χ2v) is 11.6. The van der Waals surface area contributed by atoms with Crippen molar-refractivity contribution >= 4 is 10.1 Å². The average molecular weight is 535 g/mol. The Labute approximate surface area is 246 Å². The van der Waals surface area contributed by atoms with Crippen LogP contribution >= 0.6 is 0 Å². The largest absolute Gasteiger partial charge is 1.00 e. The fraction of sp³-hybridized carbons (Fsp3) is 0.800. The SMILES string of the molecule is CCCCCCCCCCCCc1cccc(S(=O)(=O)[O-])c1CCCCCCCCCCCC.O.[Na+]. The molecule has 36 heavy (non-hydrogen) atoms. The molecule has 1 aromatic carbocycles. The van der Waals surface area contributed by atoms with Gasteiger partial charge in [0.05, 0.1) is 4.90 Å². The normalized spacial score (nSPS) is 11.2. The van der Waals surface area contributed by atoms with E-state index in [0.717, 1.165) is 36.8 Å². The van der Waals surface area contributed by atoms with Gasteiger partial charge in [0.1, 0.15) is 10.1 Å². The summed E-state index contributed by atoms with van der Waals surface area (Å²) >= 11 is 0. The van der Waals surface area contributed by atoms with Gasteiger partial charge in [0.2, 0.25) is 0 Å². The zero-order valence-corrected chi connectivity index (χ0v) is 26.7. The standard InChI is InChI=1S/C30H54O3S.Na.H2O/c1-3-5-7-9-11-13-15-17-19-21-24-28-25-23-27-30(34(31,32)33)29(28)26-22-20-18-16-14-12-10-8-6-4-2;;/h23,25,27H,3-22,24,26H2,1-2H3,(H,31,32,33);;1H2/q;+1;/p-1. The number of unbranched alkanes of at least 4 members (excludes halogenated alkanes) is 18. The van der Waals surface area contributed by atoms with Gasteiger partial charge in [-0.2, -0.15) is 0 Å². The molecule has 0 bridgehead atoms. The van der Waals surface area contributed by atoms with Crippen LogP contribution < -0.4 is 29.6 Å². The Hall–Kier alpha value is 0.0900. The van der Waals surface area contributed by atoms with Gasteiger partial charge in [0, 0.05) is 0 Å². The fourth-order valence-corrected chi connectivity index (χ4v) is 5.74. The van der Waals surface area contributed by atoms with E-state index in [1.807, 2.05) is 6.07 Å². The van der Waals surface area contributed by atoms with E-state index in [1.54, 1.807) is 6.07 Å². The average Bonchev–Trinajstić information content (AvgIpc) is 2.81. The van der Waals surface area contributed by atoms with E-state index in [4.69, 9.17) is 0 Å². The summed E-state index contributed by atoms with van der Waals surface area (Å²) in [5.74, 6) is 0. The molecule has 0 aliphatic rings. The van der Waals surface area contributed by atoms with Crippen LogP contribution in [0, 0.1) is 0 Å². The molecule has 0 fully saturated rings. The van der Waals surface area contributed by atoms with Gasteiger partial charge in [-0.15, -0.1) is 0 Å². The van der Waals surface area contributed by atoms with Crippen molar-refractivity contribution in [2.75, 3.05) is 0 Å². The van der Waals surface area contributed by atoms with Crippen LogP contribution in [-0.2, 0) is 23.0 Å². The Bertz CT molecular complexity index is 722. The van der Waals surface area contributed by atoms with Crippen molar-refractivity contribution in [3.8, 4) is 0 Å². The van der Waals surface area contributed by atoms with Crippen LogP contribution in [0.4, 0.5) is 0 Å². The molecule has 1 aromatic rings. The molecule has 0 unspecified atom stereocenters. The minimum absolute atomic E-state index is 0. The van der Waals surface area contributed by atoms with Gasteiger partial charge in [-0.3, -0.25) is 0 Å². The van der Waals surface area contributed by atoms with Crippen molar-refractivity contribution < 1.29 is 48.0 Å². The molecule has 6 heteroatoms. The molecule has 0 radical (unpaired) electrons. The summed E-state index contributed by atoms with van der Waals surface area (Å²) in [6.07, 6.45) is 27.0.